The third-order valence-electron chi connectivity index (χ3n) is 8.19. The summed E-state index contributed by atoms with van der Waals surface area (Å²) in [5.41, 5.74) is 15.6. The van der Waals surface area contributed by atoms with Crippen LogP contribution in [0, 0.1) is 0 Å². The number of rotatable bonds is 12. The minimum Gasteiger partial charge on any atom is -0.404 e. The first kappa shape index (κ1) is 31.8. The summed E-state index contributed by atoms with van der Waals surface area (Å²) < 4.78 is 0. The fourth-order valence-corrected chi connectivity index (χ4v) is 5.73. The number of anilines is 2. The van der Waals surface area contributed by atoms with E-state index in [0.717, 1.165) is 51.9 Å². The van der Waals surface area contributed by atoms with Crippen LogP contribution >= 0.6 is 0 Å². The number of nitrogens with two attached hydrogens (primary N) is 1. The van der Waals surface area contributed by atoms with Gasteiger partial charge in [-0.25, -0.2) is 0 Å². The molecule has 0 atom stereocenters. The summed E-state index contributed by atoms with van der Waals surface area (Å²) in [5.74, 6) is 0. The van der Waals surface area contributed by atoms with Crippen LogP contribution in [0.3, 0.4) is 0 Å². The van der Waals surface area contributed by atoms with Crippen LogP contribution in [0.25, 0.3) is 38.2 Å². The highest BCUT2D eigenvalue weighted by atomic mass is 14.9. The van der Waals surface area contributed by atoms with Gasteiger partial charge in [-0.05, 0) is 87.5 Å². The molecule has 0 spiro atoms. The first-order valence-corrected chi connectivity index (χ1v) is 15.9. The van der Waals surface area contributed by atoms with Gasteiger partial charge in [0.15, 0.2) is 0 Å². The maximum Gasteiger partial charge on any atom is 0.0543 e. The highest BCUT2D eigenvalue weighted by Gasteiger charge is 2.12. The molecule has 2 nitrogen and oxygen atoms in total. The average molecular weight is 599 g/mol. The largest absolute Gasteiger partial charge is 0.404 e. The van der Waals surface area contributed by atoms with Crippen molar-refractivity contribution in [1.29, 1.82) is 0 Å². The first-order valence-electron chi connectivity index (χ1n) is 15.9. The smallest absolute Gasteiger partial charge is 0.0543 e. The van der Waals surface area contributed by atoms with Gasteiger partial charge in [-0.15, -0.1) is 0 Å². The Morgan fingerprint density at radius 2 is 1.57 bits per heavy atom. The molecule has 0 saturated carbocycles. The lowest BCUT2D eigenvalue weighted by atomic mass is 9.93. The minimum atomic E-state index is 0.776. The Labute approximate surface area is 274 Å². The SMILES string of the molecule is C=CC(=C\CC)/C(/C=C\CC(/C=C\C(=C)c1ccc2cc(-c3cccc4ccccc34)ccc2c1Nc1ccccc1)=C/C)=C/N. The maximum absolute atomic E-state index is 5.91. The molecule has 228 valence electrons. The molecule has 46 heavy (non-hydrogen) atoms. The Kier molecular flexibility index (Phi) is 10.7. The van der Waals surface area contributed by atoms with Crippen LogP contribution in [0.1, 0.15) is 32.3 Å². The van der Waals surface area contributed by atoms with Gasteiger partial charge < -0.3 is 11.1 Å². The third kappa shape index (κ3) is 7.36. The van der Waals surface area contributed by atoms with Crippen molar-refractivity contribution in [2.24, 2.45) is 5.73 Å². The van der Waals surface area contributed by atoms with E-state index in [4.69, 9.17) is 5.73 Å². The Morgan fingerprint density at radius 1 is 0.783 bits per heavy atom. The van der Waals surface area contributed by atoms with Crippen LogP contribution in [0.4, 0.5) is 11.4 Å². The molecule has 0 amide bonds. The van der Waals surface area contributed by atoms with Gasteiger partial charge in [-0.1, -0.05) is 148 Å². The molecule has 5 aromatic rings. The molecule has 5 rings (SSSR count). The van der Waals surface area contributed by atoms with E-state index in [1.165, 1.54) is 32.9 Å². The van der Waals surface area contributed by atoms with Crippen molar-refractivity contribution in [2.45, 2.75) is 26.7 Å². The molecule has 5 aromatic carbocycles. The Balaban J connectivity index is 1.46. The number of nitrogens with one attached hydrogen (secondary N) is 1. The predicted octanol–water partition coefficient (Wildman–Crippen LogP) is 12.2. The summed E-state index contributed by atoms with van der Waals surface area (Å²) in [7, 11) is 0. The van der Waals surface area contributed by atoms with E-state index >= 15 is 0 Å². The summed E-state index contributed by atoms with van der Waals surface area (Å²) >= 11 is 0. The van der Waals surface area contributed by atoms with E-state index in [-0.39, 0.29) is 0 Å². The highest BCUT2D eigenvalue weighted by Crippen LogP contribution is 2.38. The number of benzene rings is 5. The number of allylic oxidation sites excluding steroid dienone is 11. The zero-order valence-corrected chi connectivity index (χ0v) is 26.8. The number of fused-ring (bicyclic) bond motifs is 2. The zero-order chi connectivity index (χ0) is 32.3. The van der Waals surface area contributed by atoms with Gasteiger partial charge in [0.05, 0.1) is 5.69 Å². The van der Waals surface area contributed by atoms with E-state index < -0.39 is 0 Å². The van der Waals surface area contributed by atoms with Gasteiger partial charge in [0.25, 0.3) is 0 Å². The van der Waals surface area contributed by atoms with E-state index in [2.05, 4.69) is 154 Å². The van der Waals surface area contributed by atoms with Crippen molar-refractivity contribution in [2.75, 3.05) is 5.32 Å². The average Bonchev–Trinajstić information content (AvgIpc) is 3.10. The zero-order valence-electron chi connectivity index (χ0n) is 26.8. The molecule has 0 aliphatic rings. The van der Waals surface area contributed by atoms with Gasteiger partial charge >= 0.3 is 0 Å². The lowest BCUT2D eigenvalue weighted by Crippen LogP contribution is -1.97. The fourth-order valence-electron chi connectivity index (χ4n) is 5.73. The first-order chi connectivity index (χ1) is 22.6. The summed E-state index contributed by atoms with van der Waals surface area (Å²) in [6.07, 6.45) is 17.9. The monoisotopic (exact) mass is 598 g/mol. The Bertz CT molecular complexity index is 2010. The van der Waals surface area contributed by atoms with E-state index in [9.17, 15) is 0 Å². The van der Waals surface area contributed by atoms with E-state index in [1.54, 1.807) is 6.20 Å². The summed E-state index contributed by atoms with van der Waals surface area (Å²) in [6.45, 7) is 12.6. The highest BCUT2D eigenvalue weighted by molar-refractivity contribution is 6.05. The molecule has 0 aliphatic heterocycles. The quantitative estimate of drug-likeness (QED) is 0.140. The van der Waals surface area contributed by atoms with Crippen molar-refractivity contribution in [3.8, 4) is 11.1 Å². The summed E-state index contributed by atoms with van der Waals surface area (Å²) in [4.78, 5) is 0. The molecule has 2 heteroatoms. The van der Waals surface area contributed by atoms with Gasteiger partial charge in [0.2, 0.25) is 0 Å². The van der Waals surface area contributed by atoms with Gasteiger partial charge in [-0.2, -0.15) is 0 Å². The molecule has 0 radical (unpaired) electrons. The van der Waals surface area contributed by atoms with Crippen molar-refractivity contribution in [1.82, 2.24) is 0 Å². The molecule has 0 saturated heterocycles. The van der Waals surface area contributed by atoms with Crippen LogP contribution in [-0.4, -0.2) is 0 Å². The van der Waals surface area contributed by atoms with Crippen LogP contribution < -0.4 is 11.1 Å². The minimum absolute atomic E-state index is 0.776. The predicted molar refractivity (Wildman–Crippen MR) is 203 cm³/mol. The Hall–Kier alpha value is -5.60. The second kappa shape index (κ2) is 15.4. The number of hydrogen-bond donors (Lipinski definition) is 2. The molecule has 0 bridgehead atoms. The molecular formula is C44H42N2. The van der Waals surface area contributed by atoms with Crippen LogP contribution in [0.2, 0.25) is 0 Å². The number of hydrogen-bond acceptors (Lipinski definition) is 2. The Morgan fingerprint density at radius 3 is 2.33 bits per heavy atom. The lowest BCUT2D eigenvalue weighted by Gasteiger charge is -2.17. The van der Waals surface area contributed by atoms with E-state index in [0.29, 0.717) is 0 Å². The van der Waals surface area contributed by atoms with Gasteiger partial charge in [0, 0.05) is 22.8 Å². The van der Waals surface area contributed by atoms with Crippen molar-refractivity contribution in [3.05, 3.63) is 187 Å². The van der Waals surface area contributed by atoms with Crippen LogP contribution in [0.15, 0.2) is 182 Å². The topological polar surface area (TPSA) is 38.0 Å². The van der Waals surface area contributed by atoms with Crippen molar-refractivity contribution < 1.29 is 0 Å². The normalized spacial score (nSPS) is 12.8. The third-order valence-corrected chi connectivity index (χ3v) is 8.19. The summed E-state index contributed by atoms with van der Waals surface area (Å²) in [6, 6.07) is 36.5. The molecule has 0 aromatic heterocycles. The molecule has 0 fully saturated rings. The molecular weight excluding hydrogens is 556 g/mol. The standard InChI is InChI=1S/C44H42N2/c1-5-15-34(7-3)38(31-45)19-13-16-33(6-2)25-24-32(4)40-28-26-37-30-36(42-23-14-18-35-17-11-12-22-41(35)42)27-29-43(37)44(40)46-39-20-9-8-10-21-39/h6-15,17-31,46H,3-5,16,45H2,1-2H3/b19-13-,25-24-,33-6-,34-15+,38-31+. The van der Waals surface area contributed by atoms with Crippen LogP contribution in [-0.2, 0) is 0 Å². The molecule has 0 unspecified atom stereocenters. The summed E-state index contributed by atoms with van der Waals surface area (Å²) in [5, 5.41) is 8.53. The van der Waals surface area contributed by atoms with Crippen LogP contribution in [0.5, 0.6) is 0 Å². The second-order valence-electron chi connectivity index (χ2n) is 11.2. The second-order valence-corrected chi connectivity index (χ2v) is 11.2. The van der Waals surface area contributed by atoms with Gasteiger partial charge in [0.1, 0.15) is 0 Å². The molecule has 0 aliphatic carbocycles. The number of para-hydroxylation sites is 1. The lowest BCUT2D eigenvalue weighted by molar-refractivity contribution is 1.20. The molecule has 3 N–H and O–H groups in total. The van der Waals surface area contributed by atoms with E-state index in [1.807, 2.05) is 24.3 Å². The van der Waals surface area contributed by atoms with Crippen molar-refractivity contribution in [3.63, 3.8) is 0 Å². The van der Waals surface area contributed by atoms with Gasteiger partial charge in [-0.3, -0.25) is 0 Å². The fraction of sp³-hybridized carbons (Fsp3) is 0.0909. The maximum atomic E-state index is 5.91. The molecule has 0 heterocycles. The van der Waals surface area contributed by atoms with Crippen molar-refractivity contribution >= 4 is 38.5 Å².